The van der Waals surface area contributed by atoms with E-state index >= 15 is 0 Å². The number of carbonyl (C=O) groups is 1. The fourth-order valence-electron chi connectivity index (χ4n) is 2.49. The van der Waals surface area contributed by atoms with E-state index in [0.717, 1.165) is 16.5 Å². The molecule has 1 amide bonds. The van der Waals surface area contributed by atoms with Gasteiger partial charge in [0.15, 0.2) is 0 Å². The van der Waals surface area contributed by atoms with E-state index in [9.17, 15) is 9.90 Å². The lowest BCUT2D eigenvalue weighted by molar-refractivity contribution is -0.117. The summed E-state index contributed by atoms with van der Waals surface area (Å²) in [6.45, 7) is 0. The number of phenolic OH excluding ortho intramolecular Hbond substituents is 1. The minimum atomic E-state index is -0.460. The predicted octanol–water partition coefficient (Wildman–Crippen LogP) is 4.51. The van der Waals surface area contributed by atoms with Gasteiger partial charge in [0.1, 0.15) is 11.4 Å². The molecule has 0 fully saturated rings. The topological polar surface area (TPSA) is 87.4 Å². The number of anilines is 1. The number of rotatable bonds is 4. The molecule has 0 saturated heterocycles. The van der Waals surface area contributed by atoms with Gasteiger partial charge in [0.05, 0.1) is 8.95 Å². The van der Waals surface area contributed by atoms with Crippen LogP contribution in [0.3, 0.4) is 0 Å². The molecule has 0 aliphatic rings. The third-order valence-corrected chi connectivity index (χ3v) is 4.96. The maximum Gasteiger partial charge on any atom is 0.281 e. The number of phenols is 1. The van der Waals surface area contributed by atoms with Gasteiger partial charge in [0, 0.05) is 5.69 Å². The Kier molecular flexibility index (Phi) is 5.61. The number of nitrogens with one attached hydrogen (secondary N) is 2. The molecule has 132 valence electrons. The minimum Gasteiger partial charge on any atom is -0.506 e. The number of benzene rings is 3. The SMILES string of the molecule is NNC(=O)C(=Cc1cc(Br)c(O)c(Br)c1)Nc1ccc2ccccc2c1. The minimum absolute atomic E-state index is 0.0921. The third kappa shape index (κ3) is 4.07. The standard InChI is InChI=1S/C19H15Br2N3O2/c20-15-7-11(8-16(21)18(15)25)9-17(19(26)24-22)23-14-6-5-12-3-1-2-4-13(12)10-14/h1-10,23,25H,22H2,(H,24,26). The number of hydrogen-bond donors (Lipinski definition) is 4. The molecule has 0 aliphatic heterocycles. The summed E-state index contributed by atoms with van der Waals surface area (Å²) in [6, 6.07) is 17.2. The van der Waals surface area contributed by atoms with Gasteiger partial charge in [0.2, 0.25) is 0 Å². The number of amides is 1. The summed E-state index contributed by atoms with van der Waals surface area (Å²) in [4.78, 5) is 12.2. The van der Waals surface area contributed by atoms with Crippen LogP contribution >= 0.6 is 31.9 Å². The molecule has 3 aromatic carbocycles. The van der Waals surface area contributed by atoms with Gasteiger partial charge in [0.25, 0.3) is 5.91 Å². The largest absolute Gasteiger partial charge is 0.506 e. The number of nitrogens with two attached hydrogens (primary N) is 1. The fraction of sp³-hybridized carbons (Fsp3) is 0. The highest BCUT2D eigenvalue weighted by Gasteiger charge is 2.11. The predicted molar refractivity (Wildman–Crippen MR) is 111 cm³/mol. The fourth-order valence-corrected chi connectivity index (χ4v) is 3.72. The van der Waals surface area contributed by atoms with Crippen LogP contribution in [-0.4, -0.2) is 11.0 Å². The Morgan fingerprint density at radius 3 is 2.31 bits per heavy atom. The van der Waals surface area contributed by atoms with Crippen molar-refractivity contribution in [2.24, 2.45) is 5.84 Å². The molecule has 0 spiro atoms. The van der Waals surface area contributed by atoms with Crippen LogP contribution in [-0.2, 0) is 4.79 Å². The normalized spacial score (nSPS) is 11.4. The van der Waals surface area contributed by atoms with Crippen LogP contribution in [0.1, 0.15) is 5.56 Å². The highest BCUT2D eigenvalue weighted by Crippen LogP contribution is 2.34. The van der Waals surface area contributed by atoms with Crippen molar-refractivity contribution >= 4 is 60.3 Å². The van der Waals surface area contributed by atoms with Crippen LogP contribution < -0.4 is 16.6 Å². The van der Waals surface area contributed by atoms with Gasteiger partial charge < -0.3 is 10.4 Å². The number of fused-ring (bicyclic) bond motifs is 1. The average Bonchev–Trinajstić information content (AvgIpc) is 2.64. The second-order valence-corrected chi connectivity index (χ2v) is 7.26. The Bertz CT molecular complexity index is 996. The van der Waals surface area contributed by atoms with E-state index in [1.807, 2.05) is 42.5 Å². The van der Waals surface area contributed by atoms with Crippen LogP contribution in [0.15, 0.2) is 69.2 Å². The molecule has 0 radical (unpaired) electrons. The molecular weight excluding hydrogens is 462 g/mol. The zero-order valence-corrected chi connectivity index (χ0v) is 16.6. The van der Waals surface area contributed by atoms with Crippen molar-refractivity contribution in [1.29, 1.82) is 0 Å². The monoisotopic (exact) mass is 475 g/mol. The van der Waals surface area contributed by atoms with Crippen LogP contribution in [0.5, 0.6) is 5.75 Å². The summed E-state index contributed by atoms with van der Waals surface area (Å²) in [5, 5.41) is 15.1. The van der Waals surface area contributed by atoms with Crippen molar-refractivity contribution in [3.63, 3.8) is 0 Å². The first-order valence-electron chi connectivity index (χ1n) is 7.64. The maximum absolute atomic E-state index is 12.2. The number of aromatic hydroxyl groups is 1. The van der Waals surface area contributed by atoms with Gasteiger partial charge in [-0.3, -0.25) is 10.2 Å². The van der Waals surface area contributed by atoms with Crippen LogP contribution in [0.2, 0.25) is 0 Å². The molecule has 0 aromatic heterocycles. The molecule has 0 unspecified atom stereocenters. The second kappa shape index (κ2) is 7.90. The summed E-state index contributed by atoms with van der Waals surface area (Å²) in [5.74, 6) is 4.95. The van der Waals surface area contributed by atoms with E-state index in [2.05, 4.69) is 42.6 Å². The molecule has 0 saturated carbocycles. The first-order valence-corrected chi connectivity index (χ1v) is 9.23. The van der Waals surface area contributed by atoms with Gasteiger partial charge in [-0.15, -0.1) is 0 Å². The molecule has 0 aliphatic carbocycles. The molecule has 0 bridgehead atoms. The third-order valence-electron chi connectivity index (χ3n) is 3.75. The van der Waals surface area contributed by atoms with E-state index in [4.69, 9.17) is 5.84 Å². The Morgan fingerprint density at radius 2 is 1.65 bits per heavy atom. The lowest BCUT2D eigenvalue weighted by atomic mass is 10.1. The molecule has 5 nitrogen and oxygen atoms in total. The molecule has 5 N–H and O–H groups in total. The summed E-state index contributed by atoms with van der Waals surface area (Å²) in [7, 11) is 0. The summed E-state index contributed by atoms with van der Waals surface area (Å²) in [6.07, 6.45) is 1.65. The first kappa shape index (κ1) is 18.4. The first-order chi connectivity index (χ1) is 12.5. The highest BCUT2D eigenvalue weighted by atomic mass is 79.9. The molecule has 3 aromatic rings. The van der Waals surface area contributed by atoms with Gasteiger partial charge in [-0.2, -0.15) is 0 Å². The van der Waals surface area contributed by atoms with Crippen LogP contribution in [0, 0.1) is 0 Å². The summed E-state index contributed by atoms with van der Waals surface area (Å²) in [5.41, 5.74) is 3.87. The van der Waals surface area contributed by atoms with Crippen LogP contribution in [0.4, 0.5) is 5.69 Å². The molecule has 0 atom stereocenters. The zero-order chi connectivity index (χ0) is 18.7. The van der Waals surface area contributed by atoms with Gasteiger partial charge >= 0.3 is 0 Å². The van der Waals surface area contributed by atoms with Crippen molar-refractivity contribution in [1.82, 2.24) is 5.43 Å². The second-order valence-electron chi connectivity index (χ2n) is 5.55. The van der Waals surface area contributed by atoms with E-state index in [-0.39, 0.29) is 11.4 Å². The molecule has 3 rings (SSSR count). The zero-order valence-electron chi connectivity index (χ0n) is 13.5. The Balaban J connectivity index is 1.98. The van der Waals surface area contributed by atoms with Gasteiger partial charge in [-0.25, -0.2) is 5.84 Å². The van der Waals surface area contributed by atoms with E-state index in [0.29, 0.717) is 14.5 Å². The van der Waals surface area contributed by atoms with Crippen molar-refractivity contribution < 1.29 is 9.90 Å². The average molecular weight is 477 g/mol. The van der Waals surface area contributed by atoms with E-state index in [1.54, 1.807) is 18.2 Å². The number of hydrazine groups is 1. The van der Waals surface area contributed by atoms with Gasteiger partial charge in [-0.05, 0) is 78.5 Å². The lowest BCUT2D eigenvalue weighted by Gasteiger charge is -2.11. The van der Waals surface area contributed by atoms with Crippen molar-refractivity contribution in [2.75, 3.05) is 5.32 Å². The number of halogens is 2. The van der Waals surface area contributed by atoms with Crippen molar-refractivity contribution in [3.8, 4) is 5.75 Å². The van der Waals surface area contributed by atoms with Crippen molar-refractivity contribution in [3.05, 3.63) is 74.8 Å². The van der Waals surface area contributed by atoms with Crippen LogP contribution in [0.25, 0.3) is 16.8 Å². The molecular formula is C19H15Br2N3O2. The Hall–Kier alpha value is -2.35. The number of carbonyl (C=O) groups excluding carboxylic acids is 1. The molecule has 7 heteroatoms. The summed E-state index contributed by atoms with van der Waals surface area (Å²) < 4.78 is 1.02. The van der Waals surface area contributed by atoms with E-state index in [1.165, 1.54) is 0 Å². The molecule has 0 heterocycles. The van der Waals surface area contributed by atoms with E-state index < -0.39 is 5.91 Å². The summed E-state index contributed by atoms with van der Waals surface area (Å²) >= 11 is 6.56. The highest BCUT2D eigenvalue weighted by molar-refractivity contribution is 9.11. The molecule has 26 heavy (non-hydrogen) atoms. The smallest absolute Gasteiger partial charge is 0.281 e. The Morgan fingerprint density at radius 1 is 1.00 bits per heavy atom. The number of hydrogen-bond acceptors (Lipinski definition) is 4. The lowest BCUT2D eigenvalue weighted by Crippen LogP contribution is -2.33. The quantitative estimate of drug-likeness (QED) is 0.193. The maximum atomic E-state index is 12.2. The Labute approximate surface area is 167 Å². The van der Waals surface area contributed by atoms with Gasteiger partial charge in [-0.1, -0.05) is 30.3 Å². The van der Waals surface area contributed by atoms with Crippen molar-refractivity contribution in [2.45, 2.75) is 0 Å².